The predicted octanol–water partition coefficient (Wildman–Crippen LogP) is 3.52. The van der Waals surface area contributed by atoms with Gasteiger partial charge in [0.15, 0.2) is 5.69 Å². The van der Waals surface area contributed by atoms with Gasteiger partial charge in [0.05, 0.1) is 0 Å². The first kappa shape index (κ1) is 12.5. The van der Waals surface area contributed by atoms with Crippen LogP contribution < -0.4 is 4.74 Å². The number of halogens is 1. The summed E-state index contributed by atoms with van der Waals surface area (Å²) in [5, 5.41) is 16.2. The van der Waals surface area contributed by atoms with E-state index in [1.54, 1.807) is 12.1 Å². The van der Waals surface area contributed by atoms with E-state index in [-0.39, 0.29) is 5.69 Å². The first-order valence-electron chi connectivity index (χ1n) is 5.28. The van der Waals surface area contributed by atoms with E-state index < -0.39 is 0 Å². The summed E-state index contributed by atoms with van der Waals surface area (Å²) in [4.78, 5) is 0. The van der Waals surface area contributed by atoms with Gasteiger partial charge in [-0.3, -0.25) is 0 Å². The molecular weight excluding hydrogens is 294 g/mol. The molecule has 0 bridgehead atoms. The minimum absolute atomic E-state index is 0.268. The number of benzene rings is 1. The maximum absolute atomic E-state index is 8.63. The van der Waals surface area contributed by atoms with Crippen molar-refractivity contribution in [2.24, 2.45) is 0 Å². The number of rotatable bonds is 2. The number of nitriles is 1. The fourth-order valence-corrected chi connectivity index (χ4v) is 1.79. The Morgan fingerprint density at radius 2 is 1.94 bits per heavy atom. The summed E-state index contributed by atoms with van der Waals surface area (Å²) in [5.41, 5.74) is 2.43. The van der Waals surface area contributed by atoms with E-state index in [1.807, 2.05) is 32.0 Å². The lowest BCUT2D eigenvalue weighted by Crippen LogP contribution is -1.94. The molecule has 90 valence electrons. The first-order valence-corrected chi connectivity index (χ1v) is 6.08. The third-order valence-electron chi connectivity index (χ3n) is 2.43. The normalized spacial score (nSPS) is 9.89. The van der Waals surface area contributed by atoms with Gasteiger partial charge in [0.2, 0.25) is 5.88 Å². The van der Waals surface area contributed by atoms with Crippen molar-refractivity contribution in [3.63, 3.8) is 0 Å². The van der Waals surface area contributed by atoms with E-state index >= 15 is 0 Å². The summed E-state index contributed by atoms with van der Waals surface area (Å²) in [6.07, 6.45) is 0. The fraction of sp³-hybridized carbons (Fsp3) is 0.154. The minimum Gasteiger partial charge on any atom is -0.437 e. The van der Waals surface area contributed by atoms with Crippen LogP contribution in [0.25, 0.3) is 0 Å². The van der Waals surface area contributed by atoms with Crippen molar-refractivity contribution in [3.05, 3.63) is 45.6 Å². The van der Waals surface area contributed by atoms with Gasteiger partial charge >= 0.3 is 0 Å². The zero-order chi connectivity index (χ0) is 13.1. The van der Waals surface area contributed by atoms with Gasteiger partial charge in [-0.05, 0) is 37.1 Å². The second-order valence-corrected chi connectivity index (χ2v) is 4.69. The molecule has 4 nitrogen and oxygen atoms in total. The highest BCUT2D eigenvalue weighted by atomic mass is 79.9. The van der Waals surface area contributed by atoms with Gasteiger partial charge in [0, 0.05) is 10.5 Å². The molecular formula is C13H10BrN3O. The van der Waals surface area contributed by atoms with Gasteiger partial charge in [-0.25, -0.2) is 0 Å². The Balaban J connectivity index is 2.28. The van der Waals surface area contributed by atoms with E-state index in [0.717, 1.165) is 15.6 Å². The lowest BCUT2D eigenvalue weighted by Gasteiger charge is -2.09. The summed E-state index contributed by atoms with van der Waals surface area (Å²) in [7, 11) is 0. The molecule has 0 aliphatic heterocycles. The van der Waals surface area contributed by atoms with Crippen LogP contribution >= 0.6 is 15.9 Å². The third-order valence-corrected chi connectivity index (χ3v) is 3.28. The van der Waals surface area contributed by atoms with Crippen LogP contribution in [0.2, 0.25) is 0 Å². The second-order valence-electron chi connectivity index (χ2n) is 3.84. The van der Waals surface area contributed by atoms with Gasteiger partial charge in [-0.1, -0.05) is 22.0 Å². The van der Waals surface area contributed by atoms with Gasteiger partial charge in [-0.15, -0.1) is 10.2 Å². The Labute approximate surface area is 113 Å². The molecule has 5 heteroatoms. The molecule has 0 saturated carbocycles. The Kier molecular flexibility index (Phi) is 3.58. The average Bonchev–Trinajstić information content (AvgIpc) is 2.37. The zero-order valence-corrected chi connectivity index (χ0v) is 11.5. The molecule has 0 spiro atoms. The highest BCUT2D eigenvalue weighted by molar-refractivity contribution is 9.10. The first-order chi connectivity index (χ1) is 8.60. The third kappa shape index (κ3) is 2.66. The van der Waals surface area contributed by atoms with Crippen LogP contribution in [0.3, 0.4) is 0 Å². The highest BCUT2D eigenvalue weighted by Crippen LogP contribution is 2.29. The monoisotopic (exact) mass is 303 g/mol. The Morgan fingerprint density at radius 3 is 2.56 bits per heavy atom. The minimum atomic E-state index is 0.268. The van der Waals surface area contributed by atoms with Crippen molar-refractivity contribution in [1.29, 1.82) is 5.26 Å². The van der Waals surface area contributed by atoms with Crippen molar-refractivity contribution in [2.45, 2.75) is 13.8 Å². The molecule has 1 aromatic heterocycles. The molecule has 1 aromatic carbocycles. The van der Waals surface area contributed by atoms with E-state index in [4.69, 9.17) is 10.00 Å². The molecule has 18 heavy (non-hydrogen) atoms. The second kappa shape index (κ2) is 5.15. The summed E-state index contributed by atoms with van der Waals surface area (Å²) >= 11 is 3.46. The largest absolute Gasteiger partial charge is 0.437 e. The molecule has 0 aliphatic rings. The van der Waals surface area contributed by atoms with Crippen molar-refractivity contribution >= 4 is 15.9 Å². The molecule has 2 aromatic rings. The molecule has 0 atom stereocenters. The molecule has 0 N–H and O–H groups in total. The Morgan fingerprint density at radius 1 is 1.17 bits per heavy atom. The van der Waals surface area contributed by atoms with Crippen molar-refractivity contribution in [2.75, 3.05) is 0 Å². The number of ether oxygens (including phenoxy) is 1. The average molecular weight is 304 g/mol. The van der Waals surface area contributed by atoms with Crippen molar-refractivity contribution in [3.8, 4) is 17.7 Å². The van der Waals surface area contributed by atoms with Crippen molar-refractivity contribution in [1.82, 2.24) is 10.2 Å². The number of hydrogen-bond acceptors (Lipinski definition) is 4. The van der Waals surface area contributed by atoms with E-state index in [9.17, 15) is 0 Å². The van der Waals surface area contributed by atoms with Gasteiger partial charge in [0.25, 0.3) is 0 Å². The van der Waals surface area contributed by atoms with Crippen LogP contribution in [0.5, 0.6) is 11.6 Å². The van der Waals surface area contributed by atoms with Crippen LogP contribution in [0.15, 0.2) is 28.7 Å². The van der Waals surface area contributed by atoms with E-state index in [2.05, 4.69) is 26.1 Å². The van der Waals surface area contributed by atoms with Crippen LogP contribution in [-0.2, 0) is 0 Å². The standard InChI is InChI=1S/C13H10BrN3O/c1-8-5-9(2)12(6-11(8)14)18-13-4-3-10(7-15)16-17-13/h3-6H,1-2H3. The van der Waals surface area contributed by atoms with Gasteiger partial charge < -0.3 is 4.74 Å². The fourth-order valence-electron chi connectivity index (χ4n) is 1.46. The van der Waals surface area contributed by atoms with E-state index in [1.165, 1.54) is 0 Å². The molecule has 1 heterocycles. The maximum Gasteiger partial charge on any atom is 0.238 e. The number of nitrogens with zero attached hydrogens (tertiary/aromatic N) is 3. The van der Waals surface area contributed by atoms with Crippen LogP contribution in [0, 0.1) is 25.2 Å². The number of aromatic nitrogens is 2. The molecule has 0 radical (unpaired) electrons. The molecule has 0 aliphatic carbocycles. The Bertz CT molecular complexity index is 617. The lowest BCUT2D eigenvalue weighted by atomic mass is 10.1. The van der Waals surface area contributed by atoms with E-state index in [0.29, 0.717) is 11.6 Å². The van der Waals surface area contributed by atoms with Crippen LogP contribution in [-0.4, -0.2) is 10.2 Å². The summed E-state index contributed by atoms with van der Waals surface area (Å²) in [5.74, 6) is 1.08. The van der Waals surface area contributed by atoms with Gasteiger partial charge in [0.1, 0.15) is 11.8 Å². The maximum atomic E-state index is 8.63. The number of aryl methyl sites for hydroxylation is 2. The molecule has 0 saturated heterocycles. The summed E-state index contributed by atoms with van der Waals surface area (Å²) in [6, 6.07) is 9.02. The molecule has 0 unspecified atom stereocenters. The summed E-state index contributed by atoms with van der Waals surface area (Å²) in [6.45, 7) is 3.98. The Hall–Kier alpha value is -1.93. The lowest BCUT2D eigenvalue weighted by molar-refractivity contribution is 0.451. The smallest absolute Gasteiger partial charge is 0.238 e. The molecule has 0 amide bonds. The SMILES string of the molecule is Cc1cc(C)c(Oc2ccc(C#N)nn2)cc1Br. The highest BCUT2D eigenvalue weighted by Gasteiger charge is 2.06. The quantitative estimate of drug-likeness (QED) is 0.851. The van der Waals surface area contributed by atoms with Gasteiger partial charge in [-0.2, -0.15) is 5.26 Å². The molecule has 0 fully saturated rings. The number of hydrogen-bond donors (Lipinski definition) is 0. The van der Waals surface area contributed by atoms with Crippen molar-refractivity contribution < 1.29 is 4.74 Å². The topological polar surface area (TPSA) is 58.8 Å². The van der Waals surface area contributed by atoms with Crippen LogP contribution in [0.1, 0.15) is 16.8 Å². The molecule has 2 rings (SSSR count). The predicted molar refractivity (Wildman–Crippen MR) is 70.4 cm³/mol. The zero-order valence-electron chi connectivity index (χ0n) is 9.94. The van der Waals surface area contributed by atoms with Crippen LogP contribution in [0.4, 0.5) is 0 Å². The summed E-state index contributed by atoms with van der Waals surface area (Å²) < 4.78 is 6.61.